The van der Waals surface area contributed by atoms with Crippen molar-refractivity contribution in [3.8, 4) is 0 Å². The number of halogens is 1. The summed E-state index contributed by atoms with van der Waals surface area (Å²) < 4.78 is 6.16. The maximum absolute atomic E-state index is 12.0. The van der Waals surface area contributed by atoms with Gasteiger partial charge in [0, 0.05) is 23.2 Å². The highest BCUT2D eigenvalue weighted by Gasteiger charge is 2.08. The summed E-state index contributed by atoms with van der Waals surface area (Å²) in [6.07, 6.45) is 0. The predicted octanol–water partition coefficient (Wildman–Crippen LogP) is 3.03. The Morgan fingerprint density at radius 2 is 1.76 bits per heavy atom. The van der Waals surface area contributed by atoms with E-state index in [1.54, 1.807) is 18.2 Å². The third kappa shape index (κ3) is 6.68. The van der Waals surface area contributed by atoms with Crippen LogP contribution in [0.2, 0.25) is 0 Å². The molecule has 2 amide bonds. The molecule has 132 valence electrons. The molecule has 0 atom stereocenters. The van der Waals surface area contributed by atoms with E-state index in [0.717, 1.165) is 15.6 Å². The van der Waals surface area contributed by atoms with Gasteiger partial charge in [-0.2, -0.15) is 0 Å². The topological polar surface area (TPSA) is 67.4 Å². The largest absolute Gasteiger partial charge is 0.377 e. The van der Waals surface area contributed by atoms with E-state index < -0.39 is 0 Å². The van der Waals surface area contributed by atoms with Gasteiger partial charge in [-0.1, -0.05) is 46.3 Å². The normalized spacial score (nSPS) is 10.3. The van der Waals surface area contributed by atoms with Crippen LogP contribution in [-0.4, -0.2) is 25.0 Å². The van der Waals surface area contributed by atoms with Gasteiger partial charge in [0.15, 0.2) is 0 Å². The van der Waals surface area contributed by atoms with Gasteiger partial charge in [-0.15, -0.1) is 0 Å². The first-order valence-electron chi connectivity index (χ1n) is 8.04. The van der Waals surface area contributed by atoms with Crippen LogP contribution in [0.3, 0.4) is 0 Å². The average molecular weight is 405 g/mol. The van der Waals surface area contributed by atoms with Gasteiger partial charge >= 0.3 is 0 Å². The standard InChI is InChI=1S/C19H21BrN2O3/c1-2-25-13-15-8-6-14(7-9-15)11-21-18(23)12-22-19(24)16-4-3-5-17(20)10-16/h3-10H,2,11-13H2,1H3,(H,21,23)(H,22,24). The van der Waals surface area contributed by atoms with Gasteiger partial charge in [-0.3, -0.25) is 9.59 Å². The van der Waals surface area contributed by atoms with E-state index in [0.29, 0.717) is 25.3 Å². The lowest BCUT2D eigenvalue weighted by Gasteiger charge is -2.08. The van der Waals surface area contributed by atoms with Crippen LogP contribution in [0, 0.1) is 0 Å². The third-order valence-electron chi connectivity index (χ3n) is 3.48. The van der Waals surface area contributed by atoms with Crippen molar-refractivity contribution in [1.29, 1.82) is 0 Å². The lowest BCUT2D eigenvalue weighted by Crippen LogP contribution is -2.36. The van der Waals surface area contributed by atoms with Crippen LogP contribution in [0.5, 0.6) is 0 Å². The Labute approximate surface area is 155 Å². The van der Waals surface area contributed by atoms with E-state index in [9.17, 15) is 9.59 Å². The molecule has 0 heterocycles. The molecule has 5 nitrogen and oxygen atoms in total. The van der Waals surface area contributed by atoms with Crippen molar-refractivity contribution in [2.75, 3.05) is 13.2 Å². The van der Waals surface area contributed by atoms with Gasteiger partial charge in [0.05, 0.1) is 13.2 Å². The van der Waals surface area contributed by atoms with Gasteiger partial charge in [0.1, 0.15) is 0 Å². The Morgan fingerprint density at radius 3 is 2.44 bits per heavy atom. The molecule has 2 rings (SSSR count). The van der Waals surface area contributed by atoms with Crippen molar-refractivity contribution in [1.82, 2.24) is 10.6 Å². The maximum Gasteiger partial charge on any atom is 0.251 e. The SMILES string of the molecule is CCOCc1ccc(CNC(=O)CNC(=O)c2cccc(Br)c2)cc1. The Hall–Kier alpha value is -2.18. The molecule has 0 fully saturated rings. The second kappa shape index (κ2) is 9.96. The van der Waals surface area contributed by atoms with Gasteiger partial charge in [0.25, 0.3) is 5.91 Å². The third-order valence-corrected chi connectivity index (χ3v) is 3.98. The number of rotatable bonds is 8. The Bertz CT molecular complexity index is 717. The zero-order valence-corrected chi connectivity index (χ0v) is 15.6. The van der Waals surface area contributed by atoms with Crippen molar-refractivity contribution < 1.29 is 14.3 Å². The zero-order chi connectivity index (χ0) is 18.1. The van der Waals surface area contributed by atoms with Crippen LogP contribution in [0.1, 0.15) is 28.4 Å². The number of nitrogens with one attached hydrogen (secondary N) is 2. The molecule has 0 aliphatic rings. The molecular formula is C19H21BrN2O3. The molecule has 0 aliphatic carbocycles. The molecule has 0 unspecified atom stereocenters. The van der Waals surface area contributed by atoms with Crippen molar-refractivity contribution in [3.05, 3.63) is 69.7 Å². The van der Waals surface area contributed by atoms with Gasteiger partial charge in [-0.05, 0) is 36.2 Å². The summed E-state index contributed by atoms with van der Waals surface area (Å²) in [6, 6.07) is 14.9. The van der Waals surface area contributed by atoms with Gasteiger partial charge in [0.2, 0.25) is 5.91 Å². The molecule has 0 radical (unpaired) electrons. The van der Waals surface area contributed by atoms with Crippen molar-refractivity contribution in [2.24, 2.45) is 0 Å². The predicted molar refractivity (Wildman–Crippen MR) is 100 cm³/mol. The highest BCUT2D eigenvalue weighted by Crippen LogP contribution is 2.11. The van der Waals surface area contributed by atoms with Crippen LogP contribution >= 0.6 is 15.9 Å². The molecule has 0 saturated carbocycles. The molecule has 6 heteroatoms. The Balaban J connectivity index is 1.74. The van der Waals surface area contributed by atoms with Crippen molar-refractivity contribution in [2.45, 2.75) is 20.1 Å². The number of ether oxygens (including phenoxy) is 1. The van der Waals surface area contributed by atoms with E-state index >= 15 is 0 Å². The first-order chi connectivity index (χ1) is 12.1. The molecule has 25 heavy (non-hydrogen) atoms. The van der Waals surface area contributed by atoms with Crippen molar-refractivity contribution >= 4 is 27.7 Å². The molecule has 0 bridgehead atoms. The number of carbonyl (C=O) groups excluding carboxylic acids is 2. The smallest absolute Gasteiger partial charge is 0.251 e. The maximum atomic E-state index is 12.0. The fourth-order valence-corrected chi connectivity index (χ4v) is 2.53. The van der Waals surface area contributed by atoms with E-state index in [-0.39, 0.29) is 18.4 Å². The second-order valence-corrected chi connectivity index (χ2v) is 6.34. The van der Waals surface area contributed by atoms with Crippen LogP contribution in [0.15, 0.2) is 53.0 Å². The molecular weight excluding hydrogens is 384 g/mol. The monoisotopic (exact) mass is 404 g/mol. The van der Waals surface area contributed by atoms with Gasteiger partial charge < -0.3 is 15.4 Å². The minimum absolute atomic E-state index is 0.0617. The zero-order valence-electron chi connectivity index (χ0n) is 14.0. The molecule has 0 spiro atoms. The molecule has 0 aliphatic heterocycles. The van der Waals surface area contributed by atoms with Crippen LogP contribution in [-0.2, 0) is 22.7 Å². The first kappa shape index (κ1) is 19.1. The van der Waals surface area contributed by atoms with Crippen LogP contribution in [0.4, 0.5) is 0 Å². The van der Waals surface area contributed by atoms with E-state index in [2.05, 4.69) is 26.6 Å². The van der Waals surface area contributed by atoms with E-state index in [4.69, 9.17) is 4.74 Å². The average Bonchev–Trinajstić information content (AvgIpc) is 2.63. The van der Waals surface area contributed by atoms with Crippen molar-refractivity contribution in [3.63, 3.8) is 0 Å². The molecule has 2 aromatic rings. The summed E-state index contributed by atoms with van der Waals surface area (Å²) in [5, 5.41) is 5.39. The highest BCUT2D eigenvalue weighted by atomic mass is 79.9. The van der Waals surface area contributed by atoms with E-state index in [1.165, 1.54) is 0 Å². The quantitative estimate of drug-likeness (QED) is 0.710. The Kier molecular flexibility index (Phi) is 7.63. The Morgan fingerprint density at radius 1 is 1.04 bits per heavy atom. The first-order valence-corrected chi connectivity index (χ1v) is 8.84. The van der Waals surface area contributed by atoms with Gasteiger partial charge in [-0.25, -0.2) is 0 Å². The molecule has 0 saturated heterocycles. The highest BCUT2D eigenvalue weighted by molar-refractivity contribution is 9.10. The second-order valence-electron chi connectivity index (χ2n) is 5.42. The summed E-state index contributed by atoms with van der Waals surface area (Å²) in [5.74, 6) is -0.515. The summed E-state index contributed by atoms with van der Waals surface area (Å²) >= 11 is 3.31. The molecule has 0 aromatic heterocycles. The summed E-state index contributed by atoms with van der Waals surface area (Å²) in [5.41, 5.74) is 2.59. The number of hydrogen-bond donors (Lipinski definition) is 2. The number of carbonyl (C=O) groups is 2. The van der Waals surface area contributed by atoms with Crippen LogP contribution < -0.4 is 10.6 Å². The molecule has 2 aromatic carbocycles. The van der Waals surface area contributed by atoms with E-state index in [1.807, 2.05) is 37.3 Å². The lowest BCUT2D eigenvalue weighted by atomic mass is 10.1. The minimum Gasteiger partial charge on any atom is -0.377 e. The summed E-state index contributed by atoms with van der Waals surface area (Å²) in [7, 11) is 0. The number of benzene rings is 2. The number of hydrogen-bond acceptors (Lipinski definition) is 3. The fraction of sp³-hybridized carbons (Fsp3) is 0.263. The fourth-order valence-electron chi connectivity index (χ4n) is 2.13. The summed E-state index contributed by atoms with van der Waals surface area (Å²) in [4.78, 5) is 23.8. The summed E-state index contributed by atoms with van der Waals surface area (Å²) in [6.45, 7) is 3.59. The molecule has 2 N–H and O–H groups in total. The lowest BCUT2D eigenvalue weighted by molar-refractivity contribution is -0.120. The van der Waals surface area contributed by atoms with Crippen LogP contribution in [0.25, 0.3) is 0 Å². The minimum atomic E-state index is -0.281. The number of amides is 2.